The molecule has 138 valence electrons. The van der Waals surface area contributed by atoms with Crippen LogP contribution in [0.5, 0.6) is 0 Å². The molecule has 0 unspecified atom stereocenters. The lowest BCUT2D eigenvalue weighted by Gasteiger charge is -2.14. The zero-order chi connectivity index (χ0) is 19.0. The SMILES string of the molecule is Cc1cc(C(=O)N[C@@H]2CCc3cc(-c4noc(C(F)F)n4)ccc32)ncn1. The number of amides is 1. The van der Waals surface area contributed by atoms with Crippen molar-refractivity contribution in [3.05, 3.63) is 59.0 Å². The van der Waals surface area contributed by atoms with Crippen molar-refractivity contribution in [2.45, 2.75) is 32.2 Å². The van der Waals surface area contributed by atoms with Crippen LogP contribution in [0.25, 0.3) is 11.4 Å². The topological polar surface area (TPSA) is 93.8 Å². The molecule has 0 aliphatic heterocycles. The number of fused-ring (bicyclic) bond motifs is 1. The first-order valence-corrected chi connectivity index (χ1v) is 8.35. The number of nitrogens with one attached hydrogen (secondary N) is 1. The van der Waals surface area contributed by atoms with Crippen molar-refractivity contribution in [2.24, 2.45) is 0 Å². The van der Waals surface area contributed by atoms with E-state index in [-0.39, 0.29) is 17.8 Å². The summed E-state index contributed by atoms with van der Waals surface area (Å²) in [4.78, 5) is 24.1. The van der Waals surface area contributed by atoms with Crippen LogP contribution in [0.4, 0.5) is 8.78 Å². The highest BCUT2D eigenvalue weighted by atomic mass is 19.3. The maximum absolute atomic E-state index is 12.6. The molecule has 1 N–H and O–H groups in total. The van der Waals surface area contributed by atoms with Gasteiger partial charge in [-0.3, -0.25) is 4.79 Å². The minimum absolute atomic E-state index is 0.122. The van der Waals surface area contributed by atoms with Gasteiger partial charge in [0.15, 0.2) is 0 Å². The fraction of sp³-hybridized carbons (Fsp3) is 0.278. The monoisotopic (exact) mass is 371 g/mol. The number of halogens is 2. The zero-order valence-corrected chi connectivity index (χ0v) is 14.3. The summed E-state index contributed by atoms with van der Waals surface area (Å²) in [5.74, 6) is -0.838. The number of carbonyl (C=O) groups is 1. The molecule has 1 atom stereocenters. The number of benzene rings is 1. The Labute approximate surface area is 152 Å². The number of rotatable bonds is 4. The second-order valence-electron chi connectivity index (χ2n) is 6.28. The molecule has 1 aliphatic rings. The van der Waals surface area contributed by atoms with Gasteiger partial charge in [0.25, 0.3) is 11.8 Å². The fourth-order valence-corrected chi connectivity index (χ4v) is 3.16. The maximum atomic E-state index is 12.6. The average molecular weight is 371 g/mol. The molecule has 4 rings (SSSR count). The first-order chi connectivity index (χ1) is 13.0. The molecule has 0 fully saturated rings. The summed E-state index contributed by atoms with van der Waals surface area (Å²) >= 11 is 0. The molecular formula is C18H15F2N5O2. The van der Waals surface area contributed by atoms with Crippen LogP contribution in [0.2, 0.25) is 0 Å². The second kappa shape index (κ2) is 6.82. The molecule has 1 aliphatic carbocycles. The smallest absolute Gasteiger partial charge is 0.315 e. The summed E-state index contributed by atoms with van der Waals surface area (Å²) in [6.45, 7) is 1.79. The zero-order valence-electron chi connectivity index (χ0n) is 14.3. The van der Waals surface area contributed by atoms with Crippen molar-refractivity contribution in [1.29, 1.82) is 0 Å². The van der Waals surface area contributed by atoms with Gasteiger partial charge in [0.05, 0.1) is 6.04 Å². The van der Waals surface area contributed by atoms with Crippen LogP contribution in [0.1, 0.15) is 52.1 Å². The molecule has 27 heavy (non-hydrogen) atoms. The lowest BCUT2D eigenvalue weighted by molar-refractivity contribution is 0.0931. The molecule has 2 heterocycles. The molecule has 7 nitrogen and oxygen atoms in total. The van der Waals surface area contributed by atoms with Gasteiger partial charge in [0.1, 0.15) is 12.0 Å². The Morgan fingerprint density at radius 1 is 1.30 bits per heavy atom. The summed E-state index contributed by atoms with van der Waals surface area (Å²) in [6, 6.07) is 6.92. The van der Waals surface area contributed by atoms with Crippen LogP contribution in [-0.4, -0.2) is 26.0 Å². The van der Waals surface area contributed by atoms with Crippen LogP contribution < -0.4 is 5.32 Å². The molecule has 1 aromatic carbocycles. The highest BCUT2D eigenvalue weighted by molar-refractivity contribution is 5.92. The fourth-order valence-electron chi connectivity index (χ4n) is 3.16. The van der Waals surface area contributed by atoms with Crippen molar-refractivity contribution < 1.29 is 18.1 Å². The normalized spacial score (nSPS) is 15.8. The van der Waals surface area contributed by atoms with Crippen LogP contribution in [-0.2, 0) is 6.42 Å². The predicted octanol–water partition coefficient (Wildman–Crippen LogP) is 3.19. The van der Waals surface area contributed by atoms with E-state index >= 15 is 0 Å². The third-order valence-electron chi connectivity index (χ3n) is 4.45. The van der Waals surface area contributed by atoms with Gasteiger partial charge in [-0.15, -0.1) is 0 Å². The summed E-state index contributed by atoms with van der Waals surface area (Å²) < 4.78 is 29.8. The molecule has 0 saturated carbocycles. The minimum Gasteiger partial charge on any atom is -0.344 e. The van der Waals surface area contributed by atoms with E-state index in [0.29, 0.717) is 11.3 Å². The number of alkyl halides is 2. The molecule has 1 amide bonds. The van der Waals surface area contributed by atoms with Crippen molar-refractivity contribution >= 4 is 5.91 Å². The van der Waals surface area contributed by atoms with E-state index in [1.165, 1.54) is 6.33 Å². The third-order valence-corrected chi connectivity index (χ3v) is 4.45. The summed E-state index contributed by atoms with van der Waals surface area (Å²) in [7, 11) is 0. The van der Waals surface area contributed by atoms with Gasteiger partial charge >= 0.3 is 6.43 Å². The molecule has 2 aromatic heterocycles. The van der Waals surface area contributed by atoms with Gasteiger partial charge in [-0.1, -0.05) is 17.3 Å². The highest BCUT2D eigenvalue weighted by Crippen LogP contribution is 2.34. The molecular weight excluding hydrogens is 356 g/mol. The van der Waals surface area contributed by atoms with Crippen molar-refractivity contribution in [2.75, 3.05) is 0 Å². The minimum atomic E-state index is -2.80. The molecule has 0 spiro atoms. The van der Waals surface area contributed by atoms with Crippen molar-refractivity contribution in [1.82, 2.24) is 25.4 Å². The summed E-state index contributed by atoms with van der Waals surface area (Å²) in [5, 5.41) is 6.58. The maximum Gasteiger partial charge on any atom is 0.315 e. The molecule has 0 radical (unpaired) electrons. The number of hydrogen-bond acceptors (Lipinski definition) is 6. The number of hydrogen-bond donors (Lipinski definition) is 1. The van der Waals surface area contributed by atoms with E-state index in [9.17, 15) is 13.6 Å². The molecule has 9 heteroatoms. The lowest BCUT2D eigenvalue weighted by atomic mass is 10.0. The largest absolute Gasteiger partial charge is 0.344 e. The summed E-state index contributed by atoms with van der Waals surface area (Å²) in [5.41, 5.74) is 3.63. The van der Waals surface area contributed by atoms with Crippen LogP contribution in [0, 0.1) is 6.92 Å². The van der Waals surface area contributed by atoms with E-state index in [1.807, 2.05) is 12.1 Å². The van der Waals surface area contributed by atoms with E-state index in [0.717, 1.165) is 29.7 Å². The Balaban J connectivity index is 1.53. The van der Waals surface area contributed by atoms with E-state index in [1.54, 1.807) is 19.1 Å². The Hall–Kier alpha value is -3.23. The van der Waals surface area contributed by atoms with Crippen LogP contribution in [0.3, 0.4) is 0 Å². The van der Waals surface area contributed by atoms with Gasteiger partial charge < -0.3 is 9.84 Å². The standard InChI is InChI=1S/C18H15F2N5O2/c1-9-6-14(22-8-21-9)17(26)23-13-5-3-10-7-11(2-4-12(10)13)16-24-18(15(19)20)27-25-16/h2,4,6-8,13,15H,3,5H2,1H3,(H,23,26)/t13-/m1/s1. The van der Waals surface area contributed by atoms with Gasteiger partial charge in [-0.2, -0.15) is 13.8 Å². The Bertz CT molecular complexity index is 1000. The van der Waals surface area contributed by atoms with Gasteiger partial charge in [0, 0.05) is 11.3 Å². The van der Waals surface area contributed by atoms with Crippen molar-refractivity contribution in [3.8, 4) is 11.4 Å². The Morgan fingerprint density at radius 2 is 2.15 bits per heavy atom. The first-order valence-electron chi connectivity index (χ1n) is 8.35. The Kier molecular flexibility index (Phi) is 4.35. The second-order valence-corrected chi connectivity index (χ2v) is 6.28. The first kappa shape index (κ1) is 17.2. The van der Waals surface area contributed by atoms with Gasteiger partial charge in [-0.05, 0) is 43.0 Å². The van der Waals surface area contributed by atoms with E-state index < -0.39 is 12.3 Å². The predicted molar refractivity (Wildman–Crippen MR) is 90.0 cm³/mol. The number of aryl methyl sites for hydroxylation is 2. The quantitative estimate of drug-likeness (QED) is 0.757. The highest BCUT2D eigenvalue weighted by Gasteiger charge is 2.26. The third kappa shape index (κ3) is 3.40. The Morgan fingerprint density at radius 3 is 2.89 bits per heavy atom. The van der Waals surface area contributed by atoms with E-state index in [4.69, 9.17) is 0 Å². The van der Waals surface area contributed by atoms with Gasteiger partial charge in [-0.25, -0.2) is 9.97 Å². The lowest BCUT2D eigenvalue weighted by Crippen LogP contribution is -2.28. The molecule has 0 saturated heterocycles. The number of nitrogens with zero attached hydrogens (tertiary/aromatic N) is 4. The van der Waals surface area contributed by atoms with Gasteiger partial charge in [0.2, 0.25) is 5.82 Å². The molecule has 3 aromatic rings. The van der Waals surface area contributed by atoms with E-state index in [2.05, 4.69) is 29.9 Å². The van der Waals surface area contributed by atoms with Crippen LogP contribution >= 0.6 is 0 Å². The van der Waals surface area contributed by atoms with Crippen molar-refractivity contribution in [3.63, 3.8) is 0 Å². The summed E-state index contributed by atoms with van der Waals surface area (Å²) in [6.07, 6.45) is 0.0443. The van der Waals surface area contributed by atoms with Crippen LogP contribution in [0.15, 0.2) is 35.1 Å². The molecule has 0 bridgehead atoms. The number of aromatic nitrogens is 4. The average Bonchev–Trinajstić information content (AvgIpc) is 3.29. The number of carbonyl (C=O) groups excluding carboxylic acids is 1.